The zero-order valence-corrected chi connectivity index (χ0v) is 13.9. The van der Waals surface area contributed by atoms with Crippen LogP contribution in [0.4, 0.5) is 0 Å². The van der Waals surface area contributed by atoms with Crippen LogP contribution in [0.3, 0.4) is 0 Å². The van der Waals surface area contributed by atoms with E-state index in [0.717, 1.165) is 0 Å². The van der Waals surface area contributed by atoms with Crippen LogP contribution in [0.2, 0.25) is 0 Å². The summed E-state index contributed by atoms with van der Waals surface area (Å²) in [6.45, 7) is 3.75. The second-order valence-corrected chi connectivity index (χ2v) is 5.67. The summed E-state index contributed by atoms with van der Waals surface area (Å²) in [6.07, 6.45) is 1.29. The number of nitrogens with zero attached hydrogens (tertiary/aromatic N) is 1. The molecule has 1 aliphatic heterocycles. The van der Waals surface area contributed by atoms with Gasteiger partial charge in [0.25, 0.3) is 0 Å². The first-order chi connectivity index (χ1) is 11.0. The molecule has 2 heterocycles. The van der Waals surface area contributed by atoms with Crippen molar-refractivity contribution in [2.24, 2.45) is 0 Å². The Morgan fingerprint density at radius 2 is 2.22 bits per heavy atom. The molecule has 1 aromatic rings. The first kappa shape index (κ1) is 17.1. The molecule has 1 amide bonds. The molecule has 124 valence electrons. The van der Waals surface area contributed by atoms with Crippen molar-refractivity contribution < 1.29 is 28.3 Å². The Labute approximate surface area is 137 Å². The standard InChI is InChI=1S/C15H17NO6S/c1-4-21-14(18)6-13-16(12(17)8-23-13)7-10-5-11(9(2)22-10)15(19)20-3/h5-6H,4,7-8H2,1-3H3/b13-6-. The van der Waals surface area contributed by atoms with Gasteiger partial charge in [-0.3, -0.25) is 9.69 Å². The van der Waals surface area contributed by atoms with Crippen LogP contribution in [0.1, 0.15) is 28.8 Å². The summed E-state index contributed by atoms with van der Waals surface area (Å²) in [5.74, 6) is -0.0355. The van der Waals surface area contributed by atoms with Gasteiger partial charge >= 0.3 is 11.9 Å². The van der Waals surface area contributed by atoms with E-state index in [9.17, 15) is 14.4 Å². The van der Waals surface area contributed by atoms with Gasteiger partial charge in [-0.25, -0.2) is 9.59 Å². The number of hydrogen-bond donors (Lipinski definition) is 0. The van der Waals surface area contributed by atoms with Gasteiger partial charge in [0, 0.05) is 0 Å². The molecule has 7 nitrogen and oxygen atoms in total. The third-order valence-corrected chi connectivity index (χ3v) is 4.15. The molecule has 0 bridgehead atoms. The van der Waals surface area contributed by atoms with E-state index < -0.39 is 11.9 Å². The first-order valence-corrected chi connectivity index (χ1v) is 7.94. The number of hydrogen-bond acceptors (Lipinski definition) is 7. The lowest BCUT2D eigenvalue weighted by molar-refractivity contribution is -0.137. The summed E-state index contributed by atoms with van der Waals surface area (Å²) in [7, 11) is 1.29. The lowest BCUT2D eigenvalue weighted by Gasteiger charge is -2.15. The van der Waals surface area contributed by atoms with Gasteiger partial charge in [0.15, 0.2) is 0 Å². The fraction of sp³-hybridized carbons (Fsp3) is 0.400. The zero-order valence-electron chi connectivity index (χ0n) is 13.1. The highest BCUT2D eigenvalue weighted by Gasteiger charge is 2.29. The summed E-state index contributed by atoms with van der Waals surface area (Å²) in [6, 6.07) is 1.54. The van der Waals surface area contributed by atoms with E-state index in [0.29, 0.717) is 22.1 Å². The van der Waals surface area contributed by atoms with Crippen LogP contribution in [0, 0.1) is 6.92 Å². The zero-order chi connectivity index (χ0) is 17.0. The molecule has 0 spiro atoms. The molecule has 0 unspecified atom stereocenters. The number of aryl methyl sites for hydroxylation is 1. The molecule has 0 atom stereocenters. The van der Waals surface area contributed by atoms with Crippen LogP contribution < -0.4 is 0 Å². The van der Waals surface area contributed by atoms with Crippen LogP contribution in [0.15, 0.2) is 21.6 Å². The Balaban J connectivity index is 2.18. The Hall–Kier alpha value is -2.22. The lowest BCUT2D eigenvalue weighted by atomic mass is 10.2. The van der Waals surface area contributed by atoms with Crippen molar-refractivity contribution in [2.45, 2.75) is 20.4 Å². The minimum absolute atomic E-state index is 0.134. The Kier molecular flexibility index (Phi) is 5.49. The summed E-state index contributed by atoms with van der Waals surface area (Å²) >= 11 is 1.26. The number of carbonyl (C=O) groups is 3. The molecule has 0 aliphatic carbocycles. The van der Waals surface area contributed by atoms with Gasteiger partial charge in [-0.15, -0.1) is 0 Å². The van der Waals surface area contributed by atoms with Gasteiger partial charge in [0.05, 0.1) is 37.1 Å². The maximum absolute atomic E-state index is 12.0. The van der Waals surface area contributed by atoms with Gasteiger partial charge in [-0.1, -0.05) is 11.8 Å². The molecule has 23 heavy (non-hydrogen) atoms. The predicted molar refractivity (Wildman–Crippen MR) is 82.5 cm³/mol. The smallest absolute Gasteiger partial charge is 0.341 e. The van der Waals surface area contributed by atoms with Gasteiger partial charge in [-0.2, -0.15) is 0 Å². The van der Waals surface area contributed by atoms with E-state index in [1.807, 2.05) is 0 Å². The third-order valence-electron chi connectivity index (χ3n) is 3.13. The second-order valence-electron chi connectivity index (χ2n) is 4.68. The van der Waals surface area contributed by atoms with Crippen LogP contribution in [0.25, 0.3) is 0 Å². The molecule has 0 saturated carbocycles. The highest BCUT2D eigenvalue weighted by Crippen LogP contribution is 2.31. The summed E-state index contributed by atoms with van der Waals surface area (Å²) in [5.41, 5.74) is 0.317. The van der Waals surface area contributed by atoms with Crippen LogP contribution in [-0.4, -0.2) is 42.2 Å². The fourth-order valence-electron chi connectivity index (χ4n) is 2.07. The predicted octanol–water partition coefficient (Wildman–Crippen LogP) is 1.85. The minimum Gasteiger partial charge on any atom is -0.465 e. The molecular formula is C15H17NO6S. The Bertz CT molecular complexity index is 663. The number of ether oxygens (including phenoxy) is 2. The number of esters is 2. The summed E-state index contributed by atoms with van der Waals surface area (Å²) < 4.78 is 15.0. The van der Waals surface area contributed by atoms with Crippen LogP contribution in [0.5, 0.6) is 0 Å². The Morgan fingerprint density at radius 3 is 2.87 bits per heavy atom. The number of methoxy groups -OCH3 is 1. The molecule has 1 aliphatic rings. The number of rotatable bonds is 5. The highest BCUT2D eigenvalue weighted by molar-refractivity contribution is 8.04. The van der Waals surface area contributed by atoms with Crippen molar-refractivity contribution in [2.75, 3.05) is 19.5 Å². The number of furan rings is 1. The number of thioether (sulfide) groups is 1. The molecular weight excluding hydrogens is 322 g/mol. The van der Waals surface area contributed by atoms with Crippen molar-refractivity contribution in [3.8, 4) is 0 Å². The molecule has 1 saturated heterocycles. The maximum Gasteiger partial charge on any atom is 0.341 e. The van der Waals surface area contributed by atoms with Crippen molar-refractivity contribution in [1.82, 2.24) is 4.90 Å². The quantitative estimate of drug-likeness (QED) is 0.598. The van der Waals surface area contributed by atoms with Crippen molar-refractivity contribution >= 4 is 29.6 Å². The average molecular weight is 339 g/mol. The monoisotopic (exact) mass is 339 g/mol. The van der Waals surface area contributed by atoms with Crippen molar-refractivity contribution in [1.29, 1.82) is 0 Å². The summed E-state index contributed by atoms with van der Waals surface area (Å²) in [4.78, 5) is 36.6. The van der Waals surface area contributed by atoms with Gasteiger partial charge in [0.1, 0.15) is 17.1 Å². The molecule has 1 fully saturated rings. The van der Waals surface area contributed by atoms with Gasteiger partial charge in [0.2, 0.25) is 5.91 Å². The molecule has 8 heteroatoms. The van der Waals surface area contributed by atoms with Crippen molar-refractivity contribution in [3.63, 3.8) is 0 Å². The highest BCUT2D eigenvalue weighted by atomic mass is 32.2. The second kappa shape index (κ2) is 7.36. The largest absolute Gasteiger partial charge is 0.465 e. The third kappa shape index (κ3) is 3.95. The van der Waals surface area contributed by atoms with Crippen molar-refractivity contribution in [3.05, 3.63) is 34.3 Å². The van der Waals surface area contributed by atoms with E-state index in [1.165, 1.54) is 29.8 Å². The van der Waals surface area contributed by atoms with E-state index in [1.54, 1.807) is 19.9 Å². The number of carbonyl (C=O) groups excluding carboxylic acids is 3. The number of amides is 1. The Morgan fingerprint density at radius 1 is 1.48 bits per heavy atom. The molecule has 0 N–H and O–H groups in total. The van der Waals surface area contributed by atoms with E-state index in [2.05, 4.69) is 4.74 Å². The van der Waals surface area contributed by atoms with E-state index in [4.69, 9.17) is 9.15 Å². The first-order valence-electron chi connectivity index (χ1n) is 6.95. The molecule has 0 aromatic carbocycles. The van der Waals surface area contributed by atoms with E-state index >= 15 is 0 Å². The van der Waals surface area contributed by atoms with Crippen LogP contribution >= 0.6 is 11.8 Å². The topological polar surface area (TPSA) is 86.1 Å². The lowest BCUT2D eigenvalue weighted by Crippen LogP contribution is -2.24. The minimum atomic E-state index is -0.499. The molecule has 1 aromatic heterocycles. The molecule has 0 radical (unpaired) electrons. The fourth-order valence-corrected chi connectivity index (χ4v) is 3.00. The average Bonchev–Trinajstić information content (AvgIpc) is 3.04. The van der Waals surface area contributed by atoms with Gasteiger partial charge < -0.3 is 13.9 Å². The van der Waals surface area contributed by atoms with E-state index in [-0.39, 0.29) is 24.8 Å². The maximum atomic E-state index is 12.0. The van der Waals surface area contributed by atoms with Gasteiger partial charge in [-0.05, 0) is 19.9 Å². The SMILES string of the molecule is CCOC(=O)/C=C1\SCC(=O)N1Cc1cc(C(=O)OC)c(C)o1. The summed E-state index contributed by atoms with van der Waals surface area (Å²) in [5, 5.41) is 0.502. The molecule has 2 rings (SSSR count). The normalized spacial score (nSPS) is 16.0. The van der Waals surface area contributed by atoms with Crippen LogP contribution in [-0.2, 0) is 25.6 Å².